The van der Waals surface area contributed by atoms with E-state index < -0.39 is 0 Å². The molecule has 0 nitrogen and oxygen atoms in total. The zero-order chi connectivity index (χ0) is 11.3. The van der Waals surface area contributed by atoms with Gasteiger partial charge in [-0.1, -0.05) is 36.2 Å². The van der Waals surface area contributed by atoms with Gasteiger partial charge in [-0.25, -0.2) is 0 Å². The van der Waals surface area contributed by atoms with Gasteiger partial charge in [-0.3, -0.25) is 0 Å². The summed E-state index contributed by atoms with van der Waals surface area (Å²) in [4.78, 5) is 1.17. The lowest BCUT2D eigenvalue weighted by Crippen LogP contribution is -2.08. The molecule has 1 unspecified atom stereocenters. The van der Waals surface area contributed by atoms with Crippen molar-refractivity contribution in [2.75, 3.05) is 0 Å². The summed E-state index contributed by atoms with van der Waals surface area (Å²) in [5.74, 6) is 0.809. The highest BCUT2D eigenvalue weighted by Gasteiger charge is 2.15. The van der Waals surface area contributed by atoms with Gasteiger partial charge < -0.3 is 0 Å². The van der Waals surface area contributed by atoms with Gasteiger partial charge in [0.2, 0.25) is 0 Å². The van der Waals surface area contributed by atoms with Crippen LogP contribution in [0.1, 0.15) is 65.7 Å². The minimum absolute atomic E-state index is 0.809. The number of thiocarbonyl (C=S) groups is 1. The normalized spacial score (nSPS) is 28.3. The SMILES string of the molecule is CC(=S)CCC1CCCCC/C(C)=C\1C. The fourth-order valence-corrected chi connectivity index (χ4v) is 2.58. The van der Waals surface area contributed by atoms with Gasteiger partial charge in [0.05, 0.1) is 0 Å². The first-order valence-corrected chi connectivity index (χ1v) is 6.67. The zero-order valence-corrected chi connectivity index (χ0v) is 11.3. The summed E-state index contributed by atoms with van der Waals surface area (Å²) in [5, 5.41) is 0. The topological polar surface area (TPSA) is 0 Å². The summed E-state index contributed by atoms with van der Waals surface area (Å²) in [5.41, 5.74) is 3.30. The van der Waals surface area contributed by atoms with Crippen LogP contribution in [0.25, 0.3) is 0 Å². The zero-order valence-electron chi connectivity index (χ0n) is 10.4. The molecule has 0 saturated carbocycles. The third-order valence-electron chi connectivity index (χ3n) is 3.73. The summed E-state index contributed by atoms with van der Waals surface area (Å²) >= 11 is 5.18. The first-order valence-electron chi connectivity index (χ1n) is 6.27. The molecule has 15 heavy (non-hydrogen) atoms. The maximum absolute atomic E-state index is 5.18. The maximum atomic E-state index is 5.18. The second-order valence-electron chi connectivity index (χ2n) is 5.00. The Morgan fingerprint density at radius 3 is 2.67 bits per heavy atom. The lowest BCUT2D eigenvalue weighted by molar-refractivity contribution is 0.469. The molecule has 1 aliphatic carbocycles. The highest BCUT2D eigenvalue weighted by Crippen LogP contribution is 2.30. The molecule has 0 aromatic rings. The molecule has 0 saturated heterocycles. The molecule has 0 amide bonds. The number of hydrogen-bond acceptors (Lipinski definition) is 1. The van der Waals surface area contributed by atoms with E-state index in [1.54, 1.807) is 11.1 Å². The minimum Gasteiger partial charge on any atom is -0.0900 e. The Hall–Kier alpha value is -0.170. The molecule has 0 spiro atoms. The van der Waals surface area contributed by atoms with Crippen molar-refractivity contribution in [2.24, 2.45) is 5.92 Å². The van der Waals surface area contributed by atoms with Crippen molar-refractivity contribution >= 4 is 17.1 Å². The molecular weight excluding hydrogens is 200 g/mol. The van der Waals surface area contributed by atoms with E-state index in [-0.39, 0.29) is 0 Å². The molecule has 0 radical (unpaired) electrons. The molecule has 0 fully saturated rings. The van der Waals surface area contributed by atoms with Crippen LogP contribution in [0, 0.1) is 5.92 Å². The van der Waals surface area contributed by atoms with Gasteiger partial charge in [0.25, 0.3) is 0 Å². The molecule has 1 rings (SSSR count). The Balaban J connectivity index is 2.60. The van der Waals surface area contributed by atoms with Gasteiger partial charge in [0, 0.05) is 0 Å². The first kappa shape index (κ1) is 12.9. The van der Waals surface area contributed by atoms with Crippen LogP contribution < -0.4 is 0 Å². The van der Waals surface area contributed by atoms with E-state index in [0.717, 1.165) is 12.3 Å². The largest absolute Gasteiger partial charge is 0.0900 e. The molecule has 1 atom stereocenters. The van der Waals surface area contributed by atoms with Crippen LogP contribution in [0.3, 0.4) is 0 Å². The quantitative estimate of drug-likeness (QED) is 0.476. The van der Waals surface area contributed by atoms with Gasteiger partial charge in [-0.05, 0) is 63.7 Å². The smallest absolute Gasteiger partial charge is 0.0102 e. The van der Waals surface area contributed by atoms with Crippen molar-refractivity contribution in [1.29, 1.82) is 0 Å². The van der Waals surface area contributed by atoms with Crippen molar-refractivity contribution in [3.63, 3.8) is 0 Å². The molecule has 86 valence electrons. The van der Waals surface area contributed by atoms with E-state index in [1.165, 1.54) is 43.4 Å². The molecule has 0 aliphatic heterocycles. The number of hydrogen-bond donors (Lipinski definition) is 0. The molecule has 1 heteroatoms. The average molecular weight is 224 g/mol. The maximum Gasteiger partial charge on any atom is -0.0102 e. The monoisotopic (exact) mass is 224 g/mol. The van der Waals surface area contributed by atoms with E-state index in [9.17, 15) is 0 Å². The lowest BCUT2D eigenvalue weighted by atomic mass is 9.83. The second kappa shape index (κ2) is 6.42. The first-order chi connectivity index (χ1) is 7.11. The van der Waals surface area contributed by atoms with Crippen molar-refractivity contribution < 1.29 is 0 Å². The van der Waals surface area contributed by atoms with Gasteiger partial charge in [-0.15, -0.1) is 0 Å². The van der Waals surface area contributed by atoms with Crippen LogP contribution in [0.4, 0.5) is 0 Å². The highest BCUT2D eigenvalue weighted by molar-refractivity contribution is 7.80. The van der Waals surface area contributed by atoms with Crippen molar-refractivity contribution in [2.45, 2.75) is 65.7 Å². The fraction of sp³-hybridized carbons (Fsp3) is 0.786. The van der Waals surface area contributed by atoms with Crippen molar-refractivity contribution in [3.8, 4) is 0 Å². The molecule has 0 bridgehead atoms. The van der Waals surface area contributed by atoms with Crippen LogP contribution in [0.2, 0.25) is 0 Å². The van der Waals surface area contributed by atoms with Crippen LogP contribution in [-0.4, -0.2) is 4.86 Å². The third kappa shape index (κ3) is 4.46. The van der Waals surface area contributed by atoms with Crippen LogP contribution >= 0.6 is 12.2 Å². The Bertz CT molecular complexity index is 250. The Labute approximate surface area is 100 Å². The van der Waals surface area contributed by atoms with Gasteiger partial charge in [0.15, 0.2) is 0 Å². The molecular formula is C14H24S. The second-order valence-corrected chi connectivity index (χ2v) is 5.70. The number of rotatable bonds is 3. The van der Waals surface area contributed by atoms with Gasteiger partial charge in [0.1, 0.15) is 0 Å². The van der Waals surface area contributed by atoms with Gasteiger partial charge in [-0.2, -0.15) is 0 Å². The van der Waals surface area contributed by atoms with E-state index in [0.29, 0.717) is 0 Å². The van der Waals surface area contributed by atoms with Crippen molar-refractivity contribution in [3.05, 3.63) is 11.1 Å². The van der Waals surface area contributed by atoms with E-state index in [2.05, 4.69) is 20.8 Å². The van der Waals surface area contributed by atoms with Crippen LogP contribution in [0.15, 0.2) is 11.1 Å². The standard InChI is InChI=1S/C14H24S/c1-11-7-5-4-6-8-14(13(11)3)10-9-12(2)15/h14H,4-10H2,1-3H3/b13-11-. The summed E-state index contributed by atoms with van der Waals surface area (Å²) in [6.07, 6.45) is 9.32. The van der Waals surface area contributed by atoms with E-state index in [4.69, 9.17) is 12.2 Å². The summed E-state index contributed by atoms with van der Waals surface area (Å²) < 4.78 is 0. The summed E-state index contributed by atoms with van der Waals surface area (Å²) in [7, 11) is 0. The Kier molecular flexibility index (Phi) is 5.52. The van der Waals surface area contributed by atoms with E-state index >= 15 is 0 Å². The Morgan fingerprint density at radius 1 is 1.27 bits per heavy atom. The molecule has 0 heterocycles. The molecule has 0 aromatic heterocycles. The van der Waals surface area contributed by atoms with Crippen LogP contribution in [0.5, 0.6) is 0 Å². The average Bonchev–Trinajstić information content (AvgIpc) is 2.18. The molecule has 1 aliphatic rings. The van der Waals surface area contributed by atoms with Crippen LogP contribution in [-0.2, 0) is 0 Å². The van der Waals surface area contributed by atoms with E-state index in [1.807, 2.05) is 0 Å². The number of allylic oxidation sites excluding steroid dienone is 2. The molecule has 0 N–H and O–H groups in total. The predicted octanol–water partition coefficient (Wildman–Crippen LogP) is 5.07. The fourth-order valence-electron chi connectivity index (χ4n) is 2.46. The minimum atomic E-state index is 0.809. The lowest BCUT2D eigenvalue weighted by Gasteiger charge is -2.23. The van der Waals surface area contributed by atoms with Gasteiger partial charge >= 0.3 is 0 Å². The van der Waals surface area contributed by atoms with Crippen molar-refractivity contribution in [1.82, 2.24) is 0 Å². The summed E-state index contributed by atoms with van der Waals surface area (Å²) in [6, 6.07) is 0. The summed E-state index contributed by atoms with van der Waals surface area (Å²) in [6.45, 7) is 6.73. The predicted molar refractivity (Wildman–Crippen MR) is 72.5 cm³/mol. The Morgan fingerprint density at radius 2 is 2.00 bits per heavy atom. The third-order valence-corrected chi connectivity index (χ3v) is 3.94. The molecule has 0 aromatic carbocycles. The highest BCUT2D eigenvalue weighted by atomic mass is 32.1.